The van der Waals surface area contributed by atoms with E-state index >= 15 is 0 Å². The molecule has 0 aromatic heterocycles. The van der Waals surface area contributed by atoms with Crippen LogP contribution in [0.25, 0.3) is 0 Å². The predicted molar refractivity (Wildman–Crippen MR) is 116 cm³/mol. The van der Waals surface area contributed by atoms with E-state index in [0.29, 0.717) is 17.4 Å². The summed E-state index contributed by atoms with van der Waals surface area (Å²) >= 11 is 9.67. The molecule has 0 radical (unpaired) electrons. The van der Waals surface area contributed by atoms with Gasteiger partial charge in [0.1, 0.15) is 17.1 Å². The van der Waals surface area contributed by atoms with Crippen LogP contribution in [0.4, 0.5) is 5.69 Å². The largest absolute Gasteiger partial charge is 0.496 e. The van der Waals surface area contributed by atoms with Crippen LogP contribution in [0.3, 0.4) is 0 Å². The molecule has 0 saturated heterocycles. The number of hydrogen-bond acceptors (Lipinski definition) is 5. The summed E-state index contributed by atoms with van der Waals surface area (Å²) in [5.41, 5.74) is 1.65. The Bertz CT molecular complexity index is 901. The zero-order valence-corrected chi connectivity index (χ0v) is 19.0. The molecule has 1 N–H and O–H groups in total. The Balaban J connectivity index is 2.08. The van der Waals surface area contributed by atoms with Crippen molar-refractivity contribution in [2.75, 3.05) is 25.6 Å². The number of hydrogen-bond donors (Lipinski definition) is 1. The lowest BCUT2D eigenvalue weighted by Crippen LogP contribution is -2.20. The van der Waals surface area contributed by atoms with Gasteiger partial charge in [-0.3, -0.25) is 4.79 Å². The molecular formula is C21H23BrClNO5. The van der Waals surface area contributed by atoms with Gasteiger partial charge in [-0.1, -0.05) is 31.5 Å². The first kappa shape index (κ1) is 23.0. The number of halogens is 2. The first-order chi connectivity index (χ1) is 13.8. The van der Waals surface area contributed by atoms with E-state index in [4.69, 9.17) is 25.8 Å². The van der Waals surface area contributed by atoms with Gasteiger partial charge in [0.25, 0.3) is 5.91 Å². The smallest absolute Gasteiger partial charge is 0.341 e. The van der Waals surface area contributed by atoms with E-state index in [-0.39, 0.29) is 29.5 Å². The van der Waals surface area contributed by atoms with Crippen LogP contribution < -0.4 is 14.8 Å². The van der Waals surface area contributed by atoms with Gasteiger partial charge in [-0.15, -0.1) is 0 Å². The molecule has 0 aliphatic carbocycles. The maximum atomic E-state index is 12.3. The molecule has 0 saturated carbocycles. The summed E-state index contributed by atoms with van der Waals surface area (Å²) in [5, 5.41) is 2.84. The van der Waals surface area contributed by atoms with Crippen molar-refractivity contribution in [2.24, 2.45) is 0 Å². The number of nitrogens with one attached hydrogen (secondary N) is 1. The van der Waals surface area contributed by atoms with Crippen molar-refractivity contribution in [1.29, 1.82) is 0 Å². The van der Waals surface area contributed by atoms with Crippen molar-refractivity contribution in [3.63, 3.8) is 0 Å². The van der Waals surface area contributed by atoms with Gasteiger partial charge in [-0.2, -0.15) is 0 Å². The molecule has 0 atom stereocenters. The number of carbonyl (C=O) groups is 2. The van der Waals surface area contributed by atoms with Gasteiger partial charge in [0.15, 0.2) is 6.61 Å². The Morgan fingerprint density at radius 1 is 1.17 bits per heavy atom. The normalized spacial score (nSPS) is 10.6. The Morgan fingerprint density at radius 2 is 1.90 bits per heavy atom. The lowest BCUT2D eigenvalue weighted by atomic mass is 10.0. The average Bonchev–Trinajstić information content (AvgIpc) is 2.68. The van der Waals surface area contributed by atoms with E-state index in [1.165, 1.54) is 19.2 Å². The van der Waals surface area contributed by atoms with E-state index in [1.54, 1.807) is 6.92 Å². The van der Waals surface area contributed by atoms with E-state index in [2.05, 4.69) is 35.1 Å². The van der Waals surface area contributed by atoms with Gasteiger partial charge < -0.3 is 19.5 Å². The minimum atomic E-state index is -0.554. The summed E-state index contributed by atoms with van der Waals surface area (Å²) in [6.45, 7) is 5.91. The fourth-order valence-electron chi connectivity index (χ4n) is 2.51. The third kappa shape index (κ3) is 6.11. The molecular weight excluding hydrogens is 462 g/mol. The summed E-state index contributed by atoms with van der Waals surface area (Å²) in [6.07, 6.45) is 0. The molecule has 8 heteroatoms. The van der Waals surface area contributed by atoms with Crippen molar-refractivity contribution in [2.45, 2.75) is 26.7 Å². The molecule has 0 heterocycles. The number of anilines is 1. The summed E-state index contributed by atoms with van der Waals surface area (Å²) in [7, 11) is 1.42. The van der Waals surface area contributed by atoms with Crippen LogP contribution >= 0.6 is 27.5 Å². The highest BCUT2D eigenvalue weighted by Gasteiger charge is 2.18. The molecule has 6 nitrogen and oxygen atoms in total. The van der Waals surface area contributed by atoms with Crippen molar-refractivity contribution in [3.05, 3.63) is 51.0 Å². The lowest BCUT2D eigenvalue weighted by molar-refractivity contribution is -0.118. The maximum absolute atomic E-state index is 12.3. The Morgan fingerprint density at radius 3 is 2.48 bits per heavy atom. The maximum Gasteiger partial charge on any atom is 0.341 e. The second-order valence-corrected chi connectivity index (χ2v) is 7.70. The zero-order valence-electron chi connectivity index (χ0n) is 16.7. The third-order valence-corrected chi connectivity index (χ3v) is 4.97. The number of methoxy groups -OCH3 is 1. The molecule has 2 aromatic carbocycles. The van der Waals surface area contributed by atoms with Crippen molar-refractivity contribution >= 4 is 45.1 Å². The van der Waals surface area contributed by atoms with Crippen LogP contribution in [-0.4, -0.2) is 32.2 Å². The molecule has 0 aliphatic heterocycles. The van der Waals surface area contributed by atoms with Crippen molar-refractivity contribution in [1.82, 2.24) is 0 Å². The van der Waals surface area contributed by atoms with Crippen LogP contribution in [0, 0.1) is 0 Å². The topological polar surface area (TPSA) is 73.9 Å². The molecule has 1 amide bonds. The van der Waals surface area contributed by atoms with Gasteiger partial charge in [0.2, 0.25) is 0 Å². The first-order valence-corrected chi connectivity index (χ1v) is 10.2. The first-order valence-electron chi connectivity index (χ1n) is 9.03. The predicted octanol–water partition coefficient (Wildman–Crippen LogP) is 5.43. The molecule has 29 heavy (non-hydrogen) atoms. The quantitative estimate of drug-likeness (QED) is 0.506. The van der Waals surface area contributed by atoms with Gasteiger partial charge in [-0.05, 0) is 52.5 Å². The second-order valence-electron chi connectivity index (χ2n) is 6.43. The highest BCUT2D eigenvalue weighted by Crippen LogP contribution is 2.32. The van der Waals surface area contributed by atoms with Crippen LogP contribution in [0.5, 0.6) is 11.5 Å². The van der Waals surface area contributed by atoms with E-state index in [1.807, 2.05) is 18.2 Å². The molecule has 0 fully saturated rings. The standard InChI is InChI=1S/C21H23BrClNO5/c1-5-28-21(26)14-9-16(23)17(10-19(14)27-4)24-20(25)11-29-18-7-6-13(12(2)3)8-15(18)22/h6-10,12H,5,11H2,1-4H3,(H,24,25). The highest BCUT2D eigenvalue weighted by atomic mass is 79.9. The van der Waals surface area contributed by atoms with Gasteiger partial charge in [0, 0.05) is 6.07 Å². The Kier molecular flexibility index (Phi) is 8.34. The molecule has 0 aliphatic rings. The van der Waals surface area contributed by atoms with Crippen LogP contribution in [-0.2, 0) is 9.53 Å². The summed E-state index contributed by atoms with van der Waals surface area (Å²) in [6, 6.07) is 8.61. The minimum absolute atomic E-state index is 0.183. The molecule has 2 aromatic rings. The number of benzene rings is 2. The SMILES string of the molecule is CCOC(=O)c1cc(Cl)c(NC(=O)COc2ccc(C(C)C)cc2Br)cc1OC. The monoisotopic (exact) mass is 483 g/mol. The number of carbonyl (C=O) groups excluding carboxylic acids is 2. The number of rotatable bonds is 8. The fraction of sp³-hybridized carbons (Fsp3) is 0.333. The molecule has 2 rings (SSSR count). The minimum Gasteiger partial charge on any atom is -0.496 e. The number of esters is 1. The zero-order chi connectivity index (χ0) is 21.6. The van der Waals surface area contributed by atoms with Crippen molar-refractivity contribution < 1.29 is 23.8 Å². The van der Waals surface area contributed by atoms with Crippen molar-refractivity contribution in [3.8, 4) is 11.5 Å². The highest BCUT2D eigenvalue weighted by molar-refractivity contribution is 9.10. The van der Waals surface area contributed by atoms with Gasteiger partial charge in [0.05, 0.1) is 28.9 Å². The van der Waals surface area contributed by atoms with Gasteiger partial charge in [-0.25, -0.2) is 4.79 Å². The van der Waals surface area contributed by atoms with E-state index < -0.39 is 11.9 Å². The van der Waals surface area contributed by atoms with Gasteiger partial charge >= 0.3 is 5.97 Å². The summed E-state index contributed by atoms with van der Waals surface area (Å²) < 4.78 is 16.6. The Hall–Kier alpha value is -2.25. The summed E-state index contributed by atoms with van der Waals surface area (Å²) in [5.74, 6) is 0.236. The van der Waals surface area contributed by atoms with E-state index in [9.17, 15) is 9.59 Å². The number of ether oxygens (including phenoxy) is 3. The molecule has 0 unspecified atom stereocenters. The second kappa shape index (κ2) is 10.5. The number of amides is 1. The van der Waals surface area contributed by atoms with E-state index in [0.717, 1.165) is 10.0 Å². The van der Waals surface area contributed by atoms with Crippen LogP contribution in [0.15, 0.2) is 34.8 Å². The molecule has 156 valence electrons. The lowest BCUT2D eigenvalue weighted by Gasteiger charge is -2.14. The molecule has 0 spiro atoms. The molecule has 0 bridgehead atoms. The fourth-order valence-corrected chi connectivity index (χ4v) is 3.23. The Labute approximate surface area is 183 Å². The third-order valence-electron chi connectivity index (χ3n) is 4.04. The summed E-state index contributed by atoms with van der Waals surface area (Å²) in [4.78, 5) is 24.3. The average molecular weight is 485 g/mol. The van der Waals surface area contributed by atoms with Crippen LogP contribution in [0.1, 0.15) is 42.6 Å². The van der Waals surface area contributed by atoms with Crippen LogP contribution in [0.2, 0.25) is 5.02 Å².